The highest BCUT2D eigenvalue weighted by Gasteiger charge is 2.23. The molecule has 1 amide bonds. The number of cyclic esters (lactones) is 1. The highest BCUT2D eigenvalue weighted by molar-refractivity contribution is 6.07. The molecule has 0 spiro atoms. The summed E-state index contributed by atoms with van der Waals surface area (Å²) in [7, 11) is 0. The molecule has 0 N–H and O–H groups in total. The maximum Gasteiger partial charge on any atom is 0.414 e. The standard InChI is InChI=1S/C19H17NO3/c1-14-4-2-5-15(12-14)8-9-18(21)16-6-3-7-17(13-16)20-10-11-23-19(20)22/h2-9,12-13H,10-11H2,1H3. The molecule has 1 aliphatic heterocycles. The van der Waals surface area contributed by atoms with E-state index in [1.54, 1.807) is 36.4 Å². The Labute approximate surface area is 135 Å². The van der Waals surface area contributed by atoms with Crippen LogP contribution in [0.3, 0.4) is 0 Å². The van der Waals surface area contributed by atoms with E-state index in [4.69, 9.17) is 4.74 Å². The van der Waals surface area contributed by atoms with Gasteiger partial charge in [-0.1, -0.05) is 48.0 Å². The number of amides is 1. The van der Waals surface area contributed by atoms with Gasteiger partial charge in [0, 0.05) is 11.3 Å². The third-order valence-electron chi connectivity index (χ3n) is 3.67. The second-order valence-electron chi connectivity index (χ2n) is 5.43. The van der Waals surface area contributed by atoms with E-state index in [-0.39, 0.29) is 11.9 Å². The molecular formula is C19H17NO3. The van der Waals surface area contributed by atoms with E-state index in [9.17, 15) is 9.59 Å². The summed E-state index contributed by atoms with van der Waals surface area (Å²) in [6.45, 7) is 2.90. The van der Waals surface area contributed by atoms with Crippen LogP contribution < -0.4 is 4.90 Å². The average molecular weight is 307 g/mol. The van der Waals surface area contributed by atoms with E-state index in [0.29, 0.717) is 24.4 Å². The molecular weight excluding hydrogens is 290 g/mol. The molecule has 0 aliphatic carbocycles. The van der Waals surface area contributed by atoms with Gasteiger partial charge in [0.15, 0.2) is 5.78 Å². The van der Waals surface area contributed by atoms with E-state index < -0.39 is 0 Å². The van der Waals surface area contributed by atoms with Gasteiger partial charge in [-0.25, -0.2) is 4.79 Å². The molecule has 0 bridgehead atoms. The first-order chi connectivity index (χ1) is 11.1. The summed E-state index contributed by atoms with van der Waals surface area (Å²) in [5, 5.41) is 0. The fourth-order valence-electron chi connectivity index (χ4n) is 2.50. The SMILES string of the molecule is Cc1cccc(C=CC(=O)c2cccc(N3CCOC3=O)c2)c1. The molecule has 1 saturated heterocycles. The van der Waals surface area contributed by atoms with Crippen molar-refractivity contribution in [2.45, 2.75) is 6.92 Å². The van der Waals surface area contributed by atoms with Crippen LogP contribution in [0.4, 0.5) is 10.5 Å². The lowest BCUT2D eigenvalue weighted by atomic mass is 10.1. The minimum atomic E-state index is -0.370. The minimum Gasteiger partial charge on any atom is -0.447 e. The number of carbonyl (C=O) groups excluding carboxylic acids is 2. The van der Waals surface area contributed by atoms with Gasteiger partial charge in [-0.15, -0.1) is 0 Å². The molecule has 0 unspecified atom stereocenters. The Balaban J connectivity index is 1.78. The number of hydrogen-bond acceptors (Lipinski definition) is 3. The number of hydrogen-bond donors (Lipinski definition) is 0. The fraction of sp³-hybridized carbons (Fsp3) is 0.158. The maximum atomic E-state index is 12.3. The van der Waals surface area contributed by atoms with Gasteiger partial charge < -0.3 is 4.74 Å². The third-order valence-corrected chi connectivity index (χ3v) is 3.67. The summed E-state index contributed by atoms with van der Waals surface area (Å²) in [5.41, 5.74) is 3.36. The van der Waals surface area contributed by atoms with Gasteiger partial charge >= 0.3 is 6.09 Å². The first-order valence-electron chi connectivity index (χ1n) is 7.47. The Bertz CT molecular complexity index is 780. The van der Waals surface area contributed by atoms with Crippen molar-refractivity contribution >= 4 is 23.6 Å². The lowest BCUT2D eigenvalue weighted by Crippen LogP contribution is -2.23. The van der Waals surface area contributed by atoms with Gasteiger partial charge in [0.2, 0.25) is 0 Å². The van der Waals surface area contributed by atoms with Crippen molar-refractivity contribution in [2.75, 3.05) is 18.1 Å². The zero-order valence-corrected chi connectivity index (χ0v) is 12.9. The van der Waals surface area contributed by atoms with Crippen molar-refractivity contribution in [3.05, 3.63) is 71.3 Å². The van der Waals surface area contributed by atoms with Crippen LogP contribution in [0.2, 0.25) is 0 Å². The lowest BCUT2D eigenvalue weighted by Gasteiger charge is -2.13. The second kappa shape index (κ2) is 6.48. The van der Waals surface area contributed by atoms with Gasteiger partial charge in [0.05, 0.1) is 6.54 Å². The molecule has 1 aliphatic rings. The average Bonchev–Trinajstić information content (AvgIpc) is 2.99. The first kappa shape index (κ1) is 15.0. The van der Waals surface area contributed by atoms with Crippen molar-refractivity contribution in [1.29, 1.82) is 0 Å². The van der Waals surface area contributed by atoms with Crippen LogP contribution in [0.1, 0.15) is 21.5 Å². The summed E-state index contributed by atoms with van der Waals surface area (Å²) in [4.78, 5) is 25.5. The molecule has 23 heavy (non-hydrogen) atoms. The molecule has 1 fully saturated rings. The largest absolute Gasteiger partial charge is 0.447 e. The molecule has 3 rings (SSSR count). The molecule has 0 aromatic heterocycles. The van der Waals surface area contributed by atoms with Gasteiger partial charge in [0.25, 0.3) is 0 Å². The number of anilines is 1. The summed E-state index contributed by atoms with van der Waals surface area (Å²) < 4.78 is 4.92. The Morgan fingerprint density at radius 2 is 2.00 bits per heavy atom. The number of nitrogens with zero attached hydrogens (tertiary/aromatic N) is 1. The van der Waals surface area contributed by atoms with Gasteiger partial charge in [-0.2, -0.15) is 0 Å². The molecule has 1 heterocycles. The smallest absolute Gasteiger partial charge is 0.414 e. The summed E-state index contributed by atoms with van der Waals surface area (Å²) >= 11 is 0. The zero-order valence-electron chi connectivity index (χ0n) is 12.9. The molecule has 4 heteroatoms. The van der Waals surface area contributed by atoms with Gasteiger partial charge in [0.1, 0.15) is 6.61 Å². The number of ketones is 1. The molecule has 4 nitrogen and oxygen atoms in total. The Hall–Kier alpha value is -2.88. The quantitative estimate of drug-likeness (QED) is 0.637. The van der Waals surface area contributed by atoms with E-state index in [1.165, 1.54) is 4.90 Å². The Morgan fingerprint density at radius 1 is 1.17 bits per heavy atom. The van der Waals surface area contributed by atoms with E-state index >= 15 is 0 Å². The van der Waals surface area contributed by atoms with Crippen LogP contribution in [-0.2, 0) is 4.74 Å². The topological polar surface area (TPSA) is 46.6 Å². The highest BCUT2D eigenvalue weighted by atomic mass is 16.6. The highest BCUT2D eigenvalue weighted by Crippen LogP contribution is 2.20. The normalized spacial score (nSPS) is 14.3. The van der Waals surface area contributed by atoms with E-state index in [2.05, 4.69) is 0 Å². The van der Waals surface area contributed by atoms with Crippen molar-refractivity contribution in [3.63, 3.8) is 0 Å². The minimum absolute atomic E-state index is 0.0964. The molecule has 0 radical (unpaired) electrons. The van der Waals surface area contributed by atoms with Crippen molar-refractivity contribution < 1.29 is 14.3 Å². The van der Waals surface area contributed by atoms with Crippen LogP contribution in [0, 0.1) is 6.92 Å². The second-order valence-corrected chi connectivity index (χ2v) is 5.43. The predicted molar refractivity (Wildman–Crippen MR) is 89.7 cm³/mol. The molecule has 116 valence electrons. The van der Waals surface area contributed by atoms with Crippen LogP contribution in [0.15, 0.2) is 54.6 Å². The number of ether oxygens (including phenoxy) is 1. The van der Waals surface area contributed by atoms with Crippen LogP contribution >= 0.6 is 0 Å². The third kappa shape index (κ3) is 3.48. The maximum absolute atomic E-state index is 12.3. The van der Waals surface area contributed by atoms with E-state index in [0.717, 1.165) is 11.1 Å². The van der Waals surface area contributed by atoms with Gasteiger partial charge in [-0.05, 0) is 30.7 Å². The molecule has 0 saturated carbocycles. The Morgan fingerprint density at radius 3 is 2.74 bits per heavy atom. The molecule has 0 atom stereocenters. The number of benzene rings is 2. The van der Waals surface area contributed by atoms with E-state index in [1.807, 2.05) is 31.2 Å². The summed E-state index contributed by atoms with van der Waals surface area (Å²) in [6.07, 6.45) is 2.98. The number of aryl methyl sites for hydroxylation is 1. The fourth-order valence-corrected chi connectivity index (χ4v) is 2.50. The first-order valence-corrected chi connectivity index (χ1v) is 7.47. The molecule has 2 aromatic carbocycles. The lowest BCUT2D eigenvalue weighted by molar-refractivity contribution is 0.104. The Kier molecular flexibility index (Phi) is 4.24. The summed E-state index contributed by atoms with van der Waals surface area (Å²) in [6, 6.07) is 15.0. The van der Waals surface area contributed by atoms with Crippen molar-refractivity contribution in [3.8, 4) is 0 Å². The monoisotopic (exact) mass is 307 g/mol. The van der Waals surface area contributed by atoms with Crippen LogP contribution in [-0.4, -0.2) is 25.0 Å². The zero-order chi connectivity index (χ0) is 16.2. The number of carbonyl (C=O) groups is 2. The predicted octanol–water partition coefficient (Wildman–Crippen LogP) is 3.85. The van der Waals surface area contributed by atoms with Crippen molar-refractivity contribution in [1.82, 2.24) is 0 Å². The number of allylic oxidation sites excluding steroid dienone is 1. The van der Waals surface area contributed by atoms with Crippen LogP contribution in [0.25, 0.3) is 6.08 Å². The van der Waals surface area contributed by atoms with Crippen LogP contribution in [0.5, 0.6) is 0 Å². The summed E-state index contributed by atoms with van der Waals surface area (Å²) in [5.74, 6) is -0.0964. The van der Waals surface area contributed by atoms with Crippen molar-refractivity contribution in [2.24, 2.45) is 0 Å². The molecule has 2 aromatic rings. The number of rotatable bonds is 4. The van der Waals surface area contributed by atoms with Gasteiger partial charge in [-0.3, -0.25) is 9.69 Å².